The maximum Gasteiger partial charge on any atom is 0.254 e. The monoisotopic (exact) mass is 298 g/mol. The molecule has 0 unspecified atom stereocenters. The summed E-state index contributed by atoms with van der Waals surface area (Å²) in [5.41, 5.74) is 1.94. The van der Waals surface area contributed by atoms with Crippen LogP contribution in [-0.4, -0.2) is 32.3 Å². The third-order valence-electron chi connectivity index (χ3n) is 3.36. The topological polar surface area (TPSA) is 80.5 Å². The van der Waals surface area contributed by atoms with Crippen LogP contribution in [0.5, 0.6) is 0 Å². The summed E-state index contributed by atoms with van der Waals surface area (Å²) in [6, 6.07) is 2.87. The third kappa shape index (κ3) is 3.58. The van der Waals surface area contributed by atoms with E-state index in [1.165, 1.54) is 12.1 Å². The van der Waals surface area contributed by atoms with E-state index >= 15 is 0 Å². The van der Waals surface area contributed by atoms with Gasteiger partial charge in [0.25, 0.3) is 5.91 Å². The fourth-order valence-electron chi connectivity index (χ4n) is 2.06. The van der Waals surface area contributed by atoms with E-state index in [1.54, 1.807) is 11.8 Å². The van der Waals surface area contributed by atoms with Crippen molar-refractivity contribution in [3.8, 4) is 0 Å². The summed E-state index contributed by atoms with van der Waals surface area (Å²) < 4.78 is 23.0. The molecule has 0 fully saturated rings. The highest BCUT2D eigenvalue weighted by atomic mass is 32.2. The molecule has 0 saturated heterocycles. The van der Waals surface area contributed by atoms with Crippen LogP contribution < -0.4 is 5.14 Å². The van der Waals surface area contributed by atoms with E-state index in [4.69, 9.17) is 5.14 Å². The maximum atomic E-state index is 12.5. The van der Waals surface area contributed by atoms with Crippen LogP contribution in [0.2, 0.25) is 0 Å². The summed E-state index contributed by atoms with van der Waals surface area (Å²) in [7, 11) is -3.81. The standard InChI is InChI=1S/C14H22N2O3S/c1-5-7-16(6-2)14(17)13-9-12(20(15,18)19)8-10(3)11(13)4/h8-9H,5-7H2,1-4H3,(H2,15,18,19). The molecular weight excluding hydrogens is 276 g/mol. The molecule has 1 amide bonds. The van der Waals surface area contributed by atoms with E-state index < -0.39 is 10.0 Å². The number of nitrogens with two attached hydrogens (primary N) is 1. The van der Waals surface area contributed by atoms with Gasteiger partial charge in [0.05, 0.1) is 4.90 Å². The Bertz CT molecular complexity index is 609. The van der Waals surface area contributed by atoms with Gasteiger partial charge in [0.1, 0.15) is 0 Å². The first kappa shape index (κ1) is 16.7. The Morgan fingerprint density at radius 2 is 1.85 bits per heavy atom. The second-order valence-electron chi connectivity index (χ2n) is 4.84. The van der Waals surface area contributed by atoms with Crippen molar-refractivity contribution in [3.63, 3.8) is 0 Å². The van der Waals surface area contributed by atoms with Crippen molar-refractivity contribution in [1.82, 2.24) is 4.90 Å². The number of hydrogen-bond donors (Lipinski definition) is 1. The van der Waals surface area contributed by atoms with Gasteiger partial charge in [0, 0.05) is 18.7 Å². The van der Waals surface area contributed by atoms with Crippen LogP contribution in [0, 0.1) is 13.8 Å². The summed E-state index contributed by atoms with van der Waals surface area (Å²) in [4.78, 5) is 14.2. The first-order valence-corrected chi connectivity index (χ1v) is 8.20. The van der Waals surface area contributed by atoms with Crippen molar-refractivity contribution in [1.29, 1.82) is 0 Å². The normalized spacial score (nSPS) is 11.4. The van der Waals surface area contributed by atoms with Gasteiger partial charge in [-0.1, -0.05) is 6.92 Å². The predicted molar refractivity (Wildman–Crippen MR) is 79.2 cm³/mol. The summed E-state index contributed by atoms with van der Waals surface area (Å²) in [6.45, 7) is 8.72. The summed E-state index contributed by atoms with van der Waals surface area (Å²) in [6.07, 6.45) is 0.854. The number of nitrogens with zero attached hydrogens (tertiary/aromatic N) is 1. The minimum atomic E-state index is -3.81. The van der Waals surface area contributed by atoms with Crippen LogP contribution in [0.1, 0.15) is 41.8 Å². The first-order chi connectivity index (χ1) is 9.22. The number of sulfonamides is 1. The minimum absolute atomic E-state index is 0.0171. The molecule has 0 aliphatic rings. The minimum Gasteiger partial charge on any atom is -0.339 e. The Morgan fingerprint density at radius 3 is 2.30 bits per heavy atom. The third-order valence-corrected chi connectivity index (χ3v) is 4.26. The predicted octanol–water partition coefficient (Wildman–Crippen LogP) is 1.82. The largest absolute Gasteiger partial charge is 0.339 e. The second kappa shape index (κ2) is 6.37. The molecule has 0 aliphatic carbocycles. The molecule has 20 heavy (non-hydrogen) atoms. The van der Waals surface area contributed by atoms with Gasteiger partial charge in [-0.2, -0.15) is 0 Å². The maximum absolute atomic E-state index is 12.5. The molecule has 5 nitrogen and oxygen atoms in total. The van der Waals surface area contributed by atoms with Crippen LogP contribution >= 0.6 is 0 Å². The summed E-state index contributed by atoms with van der Waals surface area (Å²) in [5.74, 6) is -0.152. The highest BCUT2D eigenvalue weighted by Gasteiger charge is 2.20. The molecule has 1 rings (SSSR count). The Labute approximate surface area is 120 Å². The van der Waals surface area contributed by atoms with Gasteiger partial charge in [-0.3, -0.25) is 4.79 Å². The summed E-state index contributed by atoms with van der Waals surface area (Å²) in [5, 5.41) is 5.16. The zero-order chi connectivity index (χ0) is 15.5. The molecule has 0 aromatic heterocycles. The highest BCUT2D eigenvalue weighted by Crippen LogP contribution is 2.20. The Hall–Kier alpha value is -1.40. The fraction of sp³-hybridized carbons (Fsp3) is 0.500. The zero-order valence-corrected chi connectivity index (χ0v) is 13.3. The molecule has 0 saturated carbocycles. The van der Waals surface area contributed by atoms with Crippen LogP contribution in [0.25, 0.3) is 0 Å². The van der Waals surface area contributed by atoms with E-state index in [9.17, 15) is 13.2 Å². The lowest BCUT2D eigenvalue weighted by molar-refractivity contribution is 0.0763. The van der Waals surface area contributed by atoms with Crippen molar-refractivity contribution in [3.05, 3.63) is 28.8 Å². The average Bonchev–Trinajstić information content (AvgIpc) is 2.37. The van der Waals surface area contributed by atoms with Gasteiger partial charge in [-0.15, -0.1) is 0 Å². The Morgan fingerprint density at radius 1 is 1.25 bits per heavy atom. The Kier molecular flexibility index (Phi) is 5.30. The molecular formula is C14H22N2O3S. The number of primary sulfonamides is 1. The number of aryl methyl sites for hydroxylation is 1. The average molecular weight is 298 g/mol. The van der Waals surface area contributed by atoms with Crippen LogP contribution in [0.15, 0.2) is 17.0 Å². The lowest BCUT2D eigenvalue weighted by Crippen LogP contribution is -2.32. The highest BCUT2D eigenvalue weighted by molar-refractivity contribution is 7.89. The molecule has 0 bridgehead atoms. The lowest BCUT2D eigenvalue weighted by atomic mass is 10.0. The molecule has 0 atom stereocenters. The molecule has 112 valence electrons. The smallest absolute Gasteiger partial charge is 0.254 e. The lowest BCUT2D eigenvalue weighted by Gasteiger charge is -2.22. The fourth-order valence-corrected chi connectivity index (χ4v) is 2.68. The van der Waals surface area contributed by atoms with Gasteiger partial charge >= 0.3 is 0 Å². The van der Waals surface area contributed by atoms with Crippen molar-refractivity contribution in [2.24, 2.45) is 5.14 Å². The SMILES string of the molecule is CCCN(CC)C(=O)c1cc(S(N)(=O)=O)cc(C)c1C. The van der Waals surface area contributed by atoms with Gasteiger partial charge < -0.3 is 4.90 Å². The van der Waals surface area contributed by atoms with Gasteiger partial charge in [-0.05, 0) is 50.5 Å². The van der Waals surface area contributed by atoms with E-state index in [1.807, 2.05) is 20.8 Å². The number of carbonyl (C=O) groups is 1. The molecule has 0 radical (unpaired) electrons. The molecule has 0 aliphatic heterocycles. The van der Waals surface area contributed by atoms with E-state index in [2.05, 4.69) is 0 Å². The van der Waals surface area contributed by atoms with Crippen molar-refractivity contribution in [2.75, 3.05) is 13.1 Å². The summed E-state index contributed by atoms with van der Waals surface area (Å²) >= 11 is 0. The number of rotatable bonds is 5. The molecule has 0 spiro atoms. The number of amides is 1. The van der Waals surface area contributed by atoms with Crippen LogP contribution in [0.4, 0.5) is 0 Å². The number of benzene rings is 1. The van der Waals surface area contributed by atoms with Gasteiger partial charge in [-0.25, -0.2) is 13.6 Å². The van der Waals surface area contributed by atoms with Crippen LogP contribution in [-0.2, 0) is 10.0 Å². The van der Waals surface area contributed by atoms with E-state index in [-0.39, 0.29) is 10.8 Å². The van der Waals surface area contributed by atoms with Crippen molar-refractivity contribution >= 4 is 15.9 Å². The van der Waals surface area contributed by atoms with Gasteiger partial charge in [0.2, 0.25) is 10.0 Å². The van der Waals surface area contributed by atoms with E-state index in [0.717, 1.165) is 17.5 Å². The molecule has 6 heteroatoms. The second-order valence-corrected chi connectivity index (χ2v) is 6.40. The molecule has 0 heterocycles. The Balaban J connectivity index is 3.37. The van der Waals surface area contributed by atoms with E-state index in [0.29, 0.717) is 18.7 Å². The quantitative estimate of drug-likeness (QED) is 0.900. The molecule has 1 aromatic carbocycles. The zero-order valence-electron chi connectivity index (χ0n) is 12.4. The van der Waals surface area contributed by atoms with Crippen LogP contribution in [0.3, 0.4) is 0 Å². The van der Waals surface area contributed by atoms with Crippen molar-refractivity contribution < 1.29 is 13.2 Å². The number of carbonyl (C=O) groups excluding carboxylic acids is 1. The number of hydrogen-bond acceptors (Lipinski definition) is 3. The first-order valence-electron chi connectivity index (χ1n) is 6.65. The van der Waals surface area contributed by atoms with Crippen molar-refractivity contribution in [2.45, 2.75) is 39.0 Å². The van der Waals surface area contributed by atoms with Gasteiger partial charge in [0.15, 0.2) is 0 Å². The molecule has 1 aromatic rings. The molecule has 2 N–H and O–H groups in total.